The molecule has 298 valence electrons. The molecule has 1 amide bonds. The van der Waals surface area contributed by atoms with Crippen molar-refractivity contribution >= 4 is 5.91 Å². The zero-order valence-corrected chi connectivity index (χ0v) is 34.2. The van der Waals surface area contributed by atoms with Gasteiger partial charge >= 0.3 is 0 Å². The van der Waals surface area contributed by atoms with Crippen LogP contribution in [-0.4, -0.2) is 34.9 Å². The number of aliphatic hydroxyl groups is 2. The van der Waals surface area contributed by atoms with Crippen molar-refractivity contribution in [3.8, 4) is 0 Å². The molecule has 0 aliphatic rings. The second kappa shape index (κ2) is 42.5. The molecule has 50 heavy (non-hydrogen) atoms. The Bertz CT molecular complexity index is 680. The molecule has 0 rings (SSSR count). The molecular weight excluding hydrogens is 615 g/mol. The molecule has 0 heterocycles. The quantitative estimate of drug-likeness (QED) is 0.0437. The van der Waals surface area contributed by atoms with Gasteiger partial charge in [0.25, 0.3) is 0 Å². The molecule has 0 aromatic carbocycles. The van der Waals surface area contributed by atoms with E-state index in [1.807, 2.05) is 6.08 Å². The predicted octanol–water partition coefficient (Wildman–Crippen LogP) is 14.2. The highest BCUT2D eigenvalue weighted by Gasteiger charge is 2.17. The highest BCUT2D eigenvalue weighted by atomic mass is 16.3. The molecule has 0 radical (unpaired) electrons. The van der Waals surface area contributed by atoms with Gasteiger partial charge in [0.05, 0.1) is 18.8 Å². The van der Waals surface area contributed by atoms with Crippen LogP contribution in [0.1, 0.15) is 258 Å². The molecule has 4 heteroatoms. The Balaban J connectivity index is 3.38. The molecule has 0 aliphatic heterocycles. The first-order chi connectivity index (χ1) is 24.7. The lowest BCUT2D eigenvalue weighted by Gasteiger charge is -2.20. The van der Waals surface area contributed by atoms with Crippen LogP contribution in [0.15, 0.2) is 12.2 Å². The lowest BCUT2D eigenvalue weighted by molar-refractivity contribution is -0.123. The summed E-state index contributed by atoms with van der Waals surface area (Å²) in [6.07, 6.45) is 53.5. The average Bonchev–Trinajstić information content (AvgIpc) is 3.12. The van der Waals surface area contributed by atoms with E-state index in [1.165, 1.54) is 212 Å². The van der Waals surface area contributed by atoms with E-state index < -0.39 is 12.1 Å². The number of hydrogen-bond donors (Lipinski definition) is 3. The van der Waals surface area contributed by atoms with Crippen LogP contribution in [0, 0.1) is 0 Å². The number of amides is 1. The van der Waals surface area contributed by atoms with Gasteiger partial charge in [-0.3, -0.25) is 4.79 Å². The van der Waals surface area contributed by atoms with Crippen LogP contribution in [0.4, 0.5) is 0 Å². The van der Waals surface area contributed by atoms with Crippen molar-refractivity contribution in [2.45, 2.75) is 270 Å². The smallest absolute Gasteiger partial charge is 0.220 e. The van der Waals surface area contributed by atoms with E-state index in [-0.39, 0.29) is 12.5 Å². The van der Waals surface area contributed by atoms with Crippen LogP contribution in [0.25, 0.3) is 0 Å². The average molecular weight is 706 g/mol. The maximum atomic E-state index is 12.3. The van der Waals surface area contributed by atoms with E-state index in [2.05, 4.69) is 19.2 Å². The second-order valence-corrected chi connectivity index (χ2v) is 15.8. The van der Waals surface area contributed by atoms with Crippen molar-refractivity contribution in [1.82, 2.24) is 5.32 Å². The first kappa shape index (κ1) is 49.1. The van der Waals surface area contributed by atoms with Crippen molar-refractivity contribution in [2.24, 2.45) is 0 Å². The highest BCUT2D eigenvalue weighted by molar-refractivity contribution is 5.76. The van der Waals surface area contributed by atoms with Gasteiger partial charge in [-0.2, -0.15) is 0 Å². The van der Waals surface area contributed by atoms with Crippen molar-refractivity contribution in [1.29, 1.82) is 0 Å². The number of aliphatic hydroxyl groups excluding tert-OH is 2. The van der Waals surface area contributed by atoms with Crippen LogP contribution < -0.4 is 5.32 Å². The maximum Gasteiger partial charge on any atom is 0.220 e. The Kier molecular flexibility index (Phi) is 41.8. The first-order valence-electron chi connectivity index (χ1n) is 22.9. The van der Waals surface area contributed by atoms with Gasteiger partial charge in [0, 0.05) is 6.42 Å². The molecule has 0 aliphatic carbocycles. The largest absolute Gasteiger partial charge is 0.394 e. The summed E-state index contributed by atoms with van der Waals surface area (Å²) in [5.41, 5.74) is 0. The number of unbranched alkanes of at least 4 members (excludes halogenated alkanes) is 35. The lowest BCUT2D eigenvalue weighted by Crippen LogP contribution is -2.45. The van der Waals surface area contributed by atoms with E-state index in [0.29, 0.717) is 6.42 Å². The molecular formula is C46H91NO3. The van der Waals surface area contributed by atoms with Crippen molar-refractivity contribution in [3.05, 3.63) is 12.2 Å². The van der Waals surface area contributed by atoms with Gasteiger partial charge in [-0.05, 0) is 19.3 Å². The highest BCUT2D eigenvalue weighted by Crippen LogP contribution is 2.17. The van der Waals surface area contributed by atoms with Gasteiger partial charge in [0.1, 0.15) is 0 Å². The Hall–Kier alpha value is -0.870. The number of hydrogen-bond acceptors (Lipinski definition) is 3. The minimum atomic E-state index is -0.831. The summed E-state index contributed by atoms with van der Waals surface area (Å²) in [5, 5.41) is 22.9. The van der Waals surface area contributed by atoms with Crippen LogP contribution in [0.2, 0.25) is 0 Å². The summed E-state index contributed by atoms with van der Waals surface area (Å²) >= 11 is 0. The van der Waals surface area contributed by atoms with Crippen LogP contribution in [0.3, 0.4) is 0 Å². The van der Waals surface area contributed by atoms with Gasteiger partial charge < -0.3 is 15.5 Å². The molecule has 0 aromatic rings. The lowest BCUT2D eigenvalue weighted by atomic mass is 10.0. The third kappa shape index (κ3) is 38.4. The fourth-order valence-corrected chi connectivity index (χ4v) is 7.24. The summed E-state index contributed by atoms with van der Waals surface area (Å²) in [4.78, 5) is 12.3. The number of nitrogens with one attached hydrogen (secondary N) is 1. The van der Waals surface area contributed by atoms with Gasteiger partial charge in [-0.15, -0.1) is 0 Å². The SMILES string of the molecule is CCCCCCCCC/C=C/C(O)C(CO)NC(=O)CCCCCCCCCCCCCCCCCCCCCCCCCCCCCCC. The third-order valence-corrected chi connectivity index (χ3v) is 10.8. The van der Waals surface area contributed by atoms with Crippen LogP contribution in [-0.2, 0) is 4.79 Å². The zero-order chi connectivity index (χ0) is 36.4. The summed E-state index contributed by atoms with van der Waals surface area (Å²) in [6.45, 7) is 4.30. The Morgan fingerprint density at radius 3 is 1.04 bits per heavy atom. The summed E-state index contributed by atoms with van der Waals surface area (Å²) in [5.74, 6) is -0.0615. The Labute approximate surface area is 314 Å². The zero-order valence-electron chi connectivity index (χ0n) is 34.2. The van der Waals surface area contributed by atoms with Crippen LogP contribution in [0.5, 0.6) is 0 Å². The van der Waals surface area contributed by atoms with Gasteiger partial charge in [0.15, 0.2) is 0 Å². The summed E-state index contributed by atoms with van der Waals surface area (Å²) in [7, 11) is 0. The molecule has 2 unspecified atom stereocenters. The van der Waals surface area contributed by atoms with E-state index in [9.17, 15) is 15.0 Å². The van der Waals surface area contributed by atoms with Crippen molar-refractivity contribution < 1.29 is 15.0 Å². The maximum absolute atomic E-state index is 12.3. The normalized spacial score (nSPS) is 13.0. The van der Waals surface area contributed by atoms with Gasteiger partial charge in [-0.1, -0.05) is 244 Å². The van der Waals surface area contributed by atoms with Crippen LogP contribution >= 0.6 is 0 Å². The minimum absolute atomic E-state index is 0.0615. The Morgan fingerprint density at radius 2 is 0.740 bits per heavy atom. The Morgan fingerprint density at radius 1 is 0.460 bits per heavy atom. The van der Waals surface area contributed by atoms with Gasteiger partial charge in [-0.25, -0.2) is 0 Å². The number of carbonyl (C=O) groups is 1. The predicted molar refractivity (Wildman–Crippen MR) is 221 cm³/mol. The molecule has 0 bridgehead atoms. The molecule has 4 nitrogen and oxygen atoms in total. The topological polar surface area (TPSA) is 69.6 Å². The van der Waals surface area contributed by atoms with E-state index in [4.69, 9.17) is 0 Å². The van der Waals surface area contributed by atoms with E-state index in [0.717, 1.165) is 25.7 Å². The molecule has 0 saturated carbocycles. The standard InChI is InChI=1S/C46H91NO3/c1-3-5-7-9-11-13-14-15-16-17-18-19-20-21-22-23-24-25-26-27-28-29-30-31-32-34-36-38-40-42-46(50)47-44(43-48)45(49)41-39-37-35-33-12-10-8-6-4-2/h39,41,44-45,48-49H,3-38,40,42-43H2,1-2H3,(H,47,50)/b41-39+. The second-order valence-electron chi connectivity index (χ2n) is 15.8. The summed E-state index contributed by atoms with van der Waals surface area (Å²) in [6, 6.07) is -0.614. The first-order valence-corrected chi connectivity index (χ1v) is 22.9. The fourth-order valence-electron chi connectivity index (χ4n) is 7.24. The number of allylic oxidation sites excluding steroid dienone is 1. The van der Waals surface area contributed by atoms with Crippen molar-refractivity contribution in [3.63, 3.8) is 0 Å². The molecule has 0 spiro atoms. The number of rotatable bonds is 42. The third-order valence-electron chi connectivity index (χ3n) is 10.8. The monoisotopic (exact) mass is 706 g/mol. The number of carbonyl (C=O) groups excluding carboxylic acids is 1. The van der Waals surface area contributed by atoms with E-state index >= 15 is 0 Å². The summed E-state index contributed by atoms with van der Waals surface area (Å²) < 4.78 is 0. The fraction of sp³-hybridized carbons (Fsp3) is 0.935. The molecule has 0 aromatic heterocycles. The molecule has 0 saturated heterocycles. The molecule has 3 N–H and O–H groups in total. The minimum Gasteiger partial charge on any atom is -0.394 e. The van der Waals surface area contributed by atoms with E-state index in [1.54, 1.807) is 6.08 Å². The molecule has 0 fully saturated rings. The van der Waals surface area contributed by atoms with Crippen molar-refractivity contribution in [2.75, 3.05) is 6.61 Å². The molecule has 2 atom stereocenters. The van der Waals surface area contributed by atoms with Gasteiger partial charge in [0.2, 0.25) is 5.91 Å².